The van der Waals surface area contributed by atoms with Crippen molar-refractivity contribution in [1.82, 2.24) is 0 Å². The number of carbonyl (C=O) groups excluding carboxylic acids is 2. The van der Waals surface area contributed by atoms with Gasteiger partial charge in [-0.15, -0.1) is 0 Å². The van der Waals surface area contributed by atoms with Crippen LogP contribution in [0, 0.1) is 0 Å². The summed E-state index contributed by atoms with van der Waals surface area (Å²) in [5.41, 5.74) is 0. The molecule has 3 rings (SSSR count). The first-order chi connectivity index (χ1) is 12.0. The van der Waals surface area contributed by atoms with E-state index in [-0.39, 0.29) is 19.4 Å². The van der Waals surface area contributed by atoms with Crippen molar-refractivity contribution in [3.8, 4) is 0 Å². The van der Waals surface area contributed by atoms with Gasteiger partial charge >= 0.3 is 11.9 Å². The van der Waals surface area contributed by atoms with Crippen LogP contribution >= 0.6 is 0 Å². The molecule has 3 aliphatic heterocycles. The van der Waals surface area contributed by atoms with Crippen LogP contribution in [0.15, 0.2) is 0 Å². The molecule has 7 atom stereocenters. The predicted octanol–water partition coefficient (Wildman–Crippen LogP) is -0.581. The van der Waals surface area contributed by atoms with E-state index in [1.54, 1.807) is 13.8 Å². The molecule has 3 saturated heterocycles. The highest BCUT2D eigenvalue weighted by Crippen LogP contribution is 2.36. The highest BCUT2D eigenvalue weighted by molar-refractivity contribution is 5.71. The van der Waals surface area contributed by atoms with E-state index in [2.05, 4.69) is 4.74 Å². The quantitative estimate of drug-likeness (QED) is 0.502. The maximum atomic E-state index is 11.8. The number of hydrogen-bond acceptors (Lipinski definition) is 10. The second kappa shape index (κ2) is 7.94. The van der Waals surface area contributed by atoms with Crippen LogP contribution in [0.4, 0.5) is 0 Å². The number of rotatable bonds is 5. The average Bonchev–Trinajstić information content (AvgIpc) is 3.00. The molecule has 10 nitrogen and oxygen atoms in total. The van der Waals surface area contributed by atoms with Crippen LogP contribution in [0.3, 0.4) is 0 Å². The highest BCUT2D eigenvalue weighted by atomic mass is 16.8. The zero-order chi connectivity index (χ0) is 18.0. The summed E-state index contributed by atoms with van der Waals surface area (Å²) in [5, 5.41) is 10.1. The number of aliphatic hydroxyl groups excluding tert-OH is 1. The zero-order valence-corrected chi connectivity index (χ0v) is 14.0. The summed E-state index contributed by atoms with van der Waals surface area (Å²) in [4.78, 5) is 22.7. The van der Waals surface area contributed by atoms with Crippen LogP contribution in [0.2, 0.25) is 0 Å². The summed E-state index contributed by atoms with van der Waals surface area (Å²) < 4.78 is 37.2. The van der Waals surface area contributed by atoms with Gasteiger partial charge in [-0.1, -0.05) is 6.92 Å². The topological polar surface area (TPSA) is 119 Å². The zero-order valence-electron chi connectivity index (χ0n) is 14.0. The third kappa shape index (κ3) is 4.27. The molecule has 0 amide bonds. The van der Waals surface area contributed by atoms with Gasteiger partial charge in [-0.05, 0) is 6.92 Å². The molecule has 0 aliphatic carbocycles. The van der Waals surface area contributed by atoms with E-state index >= 15 is 0 Å². The van der Waals surface area contributed by atoms with Crippen molar-refractivity contribution in [3.63, 3.8) is 0 Å². The molecule has 3 fully saturated rings. The molecule has 7 unspecified atom stereocenters. The molecule has 0 bridgehead atoms. The Morgan fingerprint density at radius 1 is 1.04 bits per heavy atom. The van der Waals surface area contributed by atoms with Gasteiger partial charge in [0.25, 0.3) is 0 Å². The van der Waals surface area contributed by atoms with Gasteiger partial charge in [0, 0.05) is 6.42 Å². The fourth-order valence-electron chi connectivity index (χ4n) is 2.92. The standard InChI is InChI=1S/C15H22O10/c1-3-9(16)20-6-21-10(17)4-11-24-13-12-8(5-19-7(2)22-12)23-15(18)14(13)25-11/h7-8,11-15,18H,3-6H2,1-2H3. The third-order valence-corrected chi connectivity index (χ3v) is 4.13. The lowest BCUT2D eigenvalue weighted by Crippen LogP contribution is -2.61. The number of ether oxygens (including phenoxy) is 7. The van der Waals surface area contributed by atoms with Crippen molar-refractivity contribution in [2.75, 3.05) is 13.4 Å². The normalized spacial score (nSPS) is 40.0. The van der Waals surface area contributed by atoms with Gasteiger partial charge < -0.3 is 38.3 Å². The first-order valence-electron chi connectivity index (χ1n) is 8.20. The fourth-order valence-corrected chi connectivity index (χ4v) is 2.92. The second-order valence-corrected chi connectivity index (χ2v) is 5.91. The van der Waals surface area contributed by atoms with Crippen LogP contribution in [-0.4, -0.2) is 73.7 Å². The Balaban J connectivity index is 1.51. The Bertz CT molecular complexity index is 497. The largest absolute Gasteiger partial charge is 0.428 e. The fraction of sp³-hybridized carbons (Fsp3) is 0.867. The summed E-state index contributed by atoms with van der Waals surface area (Å²) in [6, 6.07) is 0. The minimum atomic E-state index is -1.21. The first kappa shape index (κ1) is 18.5. The minimum absolute atomic E-state index is 0.193. The number of fused-ring (bicyclic) bond motifs is 3. The van der Waals surface area contributed by atoms with Gasteiger partial charge in [-0.2, -0.15) is 0 Å². The van der Waals surface area contributed by atoms with E-state index in [9.17, 15) is 14.7 Å². The Morgan fingerprint density at radius 3 is 2.52 bits per heavy atom. The Morgan fingerprint density at radius 2 is 1.76 bits per heavy atom. The van der Waals surface area contributed by atoms with Crippen molar-refractivity contribution >= 4 is 11.9 Å². The number of hydrogen-bond donors (Lipinski definition) is 1. The van der Waals surface area contributed by atoms with Gasteiger partial charge in [0.2, 0.25) is 6.79 Å². The summed E-state index contributed by atoms with van der Waals surface area (Å²) in [6.45, 7) is 3.19. The Hall–Kier alpha value is -1.30. The van der Waals surface area contributed by atoms with E-state index in [4.69, 9.17) is 28.4 Å². The molecule has 0 aromatic carbocycles. The predicted molar refractivity (Wildman–Crippen MR) is 76.7 cm³/mol. The van der Waals surface area contributed by atoms with Crippen LogP contribution in [-0.2, 0) is 42.7 Å². The highest BCUT2D eigenvalue weighted by Gasteiger charge is 2.55. The van der Waals surface area contributed by atoms with Crippen molar-refractivity contribution < 1.29 is 47.9 Å². The van der Waals surface area contributed by atoms with E-state index in [1.807, 2.05) is 0 Å². The lowest BCUT2D eigenvalue weighted by molar-refractivity contribution is -0.333. The molecular weight excluding hydrogens is 340 g/mol. The first-order valence-corrected chi connectivity index (χ1v) is 8.20. The van der Waals surface area contributed by atoms with Gasteiger partial charge in [-0.3, -0.25) is 9.59 Å². The molecule has 0 radical (unpaired) electrons. The number of esters is 2. The van der Waals surface area contributed by atoms with Crippen LogP contribution in [0.5, 0.6) is 0 Å². The lowest BCUT2D eigenvalue weighted by atomic mass is 9.98. The molecular formula is C15H22O10. The molecule has 10 heteroatoms. The molecule has 3 heterocycles. The van der Waals surface area contributed by atoms with Gasteiger partial charge in [0.15, 0.2) is 18.9 Å². The minimum Gasteiger partial charge on any atom is -0.428 e. The maximum Gasteiger partial charge on any atom is 0.313 e. The average molecular weight is 362 g/mol. The summed E-state index contributed by atoms with van der Waals surface area (Å²) in [6.07, 6.45) is -4.88. The SMILES string of the molecule is CCC(=O)OCOC(=O)CC1OC2C(O)OC3COC(C)OC3C2O1. The van der Waals surface area contributed by atoms with Crippen LogP contribution < -0.4 is 0 Å². The number of carbonyl (C=O) groups is 2. The van der Waals surface area contributed by atoms with Gasteiger partial charge in [-0.25, -0.2) is 0 Å². The Labute approximate surface area is 144 Å². The van der Waals surface area contributed by atoms with Crippen molar-refractivity contribution in [1.29, 1.82) is 0 Å². The number of aliphatic hydroxyl groups is 1. The van der Waals surface area contributed by atoms with E-state index < -0.39 is 62.0 Å². The van der Waals surface area contributed by atoms with Crippen molar-refractivity contribution in [2.24, 2.45) is 0 Å². The van der Waals surface area contributed by atoms with E-state index in [1.165, 1.54) is 0 Å². The Kier molecular flexibility index (Phi) is 5.87. The smallest absolute Gasteiger partial charge is 0.313 e. The third-order valence-electron chi connectivity index (χ3n) is 4.13. The van der Waals surface area contributed by atoms with Crippen LogP contribution in [0.25, 0.3) is 0 Å². The molecule has 0 aromatic rings. The second-order valence-electron chi connectivity index (χ2n) is 5.91. The van der Waals surface area contributed by atoms with Crippen molar-refractivity contribution in [2.45, 2.75) is 70.0 Å². The summed E-state index contributed by atoms with van der Waals surface area (Å²) in [5.74, 6) is -1.12. The lowest BCUT2D eigenvalue weighted by Gasteiger charge is -2.44. The summed E-state index contributed by atoms with van der Waals surface area (Å²) >= 11 is 0. The monoisotopic (exact) mass is 362 g/mol. The maximum absolute atomic E-state index is 11.8. The van der Waals surface area contributed by atoms with E-state index in [0.29, 0.717) is 0 Å². The molecule has 0 saturated carbocycles. The molecule has 3 aliphatic rings. The molecule has 1 N–H and O–H groups in total. The molecule has 0 aromatic heterocycles. The van der Waals surface area contributed by atoms with Gasteiger partial charge in [0.1, 0.15) is 24.4 Å². The van der Waals surface area contributed by atoms with Crippen molar-refractivity contribution in [3.05, 3.63) is 0 Å². The summed E-state index contributed by atoms with van der Waals surface area (Å²) in [7, 11) is 0. The molecule has 25 heavy (non-hydrogen) atoms. The van der Waals surface area contributed by atoms with Gasteiger partial charge in [0.05, 0.1) is 13.0 Å². The van der Waals surface area contributed by atoms with Crippen LogP contribution in [0.1, 0.15) is 26.7 Å². The molecule has 0 spiro atoms. The molecule has 142 valence electrons. The van der Waals surface area contributed by atoms with E-state index in [0.717, 1.165) is 0 Å².